The SMILES string of the molecule is NC(=O)c1ccc[n+](Cc2nc3ccsc3c(=O)[nH]2)c1.[Cl-]. The molecule has 8 heteroatoms. The molecule has 0 aromatic carbocycles. The Morgan fingerprint density at radius 3 is 3.00 bits per heavy atom. The zero-order valence-corrected chi connectivity index (χ0v) is 12.3. The Hall–Kier alpha value is -2.25. The molecule has 1 amide bonds. The van der Waals surface area contributed by atoms with Crippen molar-refractivity contribution in [2.75, 3.05) is 0 Å². The van der Waals surface area contributed by atoms with Crippen molar-refractivity contribution >= 4 is 27.5 Å². The molecule has 0 bridgehead atoms. The molecular weight excluding hydrogens is 312 g/mol. The number of hydrogen-bond acceptors (Lipinski definition) is 4. The number of aromatic amines is 1. The van der Waals surface area contributed by atoms with Crippen molar-refractivity contribution in [2.45, 2.75) is 6.54 Å². The summed E-state index contributed by atoms with van der Waals surface area (Å²) >= 11 is 1.36. The Morgan fingerprint density at radius 2 is 2.24 bits per heavy atom. The number of H-pyrrole nitrogens is 1. The maximum atomic E-state index is 11.9. The van der Waals surface area contributed by atoms with Crippen LogP contribution in [0.5, 0.6) is 0 Å². The molecule has 0 unspecified atom stereocenters. The standard InChI is InChI=1S/C13H10N4O2S.ClH/c14-12(18)8-2-1-4-17(6-8)7-10-15-9-3-5-20-11(9)13(19)16-10;/h1-6H,7H2,(H2-,14,15,16,18,19);1H. The number of pyridine rings is 1. The summed E-state index contributed by atoms with van der Waals surface area (Å²) in [5.74, 6) is 0.0432. The third-order valence-corrected chi connectivity index (χ3v) is 3.74. The molecule has 0 saturated heterocycles. The number of nitrogens with one attached hydrogen (secondary N) is 1. The highest BCUT2D eigenvalue weighted by molar-refractivity contribution is 7.17. The molecule has 0 spiro atoms. The van der Waals surface area contributed by atoms with Crippen LogP contribution in [0.2, 0.25) is 0 Å². The van der Waals surface area contributed by atoms with E-state index in [4.69, 9.17) is 5.73 Å². The number of thiophene rings is 1. The highest BCUT2D eigenvalue weighted by Crippen LogP contribution is 2.13. The molecule has 3 rings (SSSR count). The number of rotatable bonds is 3. The number of nitrogens with zero attached hydrogens (tertiary/aromatic N) is 2. The molecule has 0 saturated carbocycles. The summed E-state index contributed by atoms with van der Waals surface area (Å²) in [6.07, 6.45) is 3.41. The molecule has 108 valence electrons. The van der Waals surface area contributed by atoms with Gasteiger partial charge < -0.3 is 23.1 Å². The average Bonchev–Trinajstić information content (AvgIpc) is 2.88. The quantitative estimate of drug-likeness (QED) is 0.519. The smallest absolute Gasteiger partial charge is 0.269 e. The minimum atomic E-state index is -0.492. The van der Waals surface area contributed by atoms with E-state index in [0.29, 0.717) is 28.1 Å². The van der Waals surface area contributed by atoms with Crippen molar-refractivity contribution in [2.24, 2.45) is 5.73 Å². The molecule has 0 aliphatic rings. The largest absolute Gasteiger partial charge is 1.00 e. The maximum Gasteiger partial charge on any atom is 0.269 e. The fourth-order valence-electron chi connectivity index (χ4n) is 1.94. The third kappa shape index (κ3) is 3.09. The number of primary amides is 1. The molecule has 3 aromatic rings. The van der Waals surface area contributed by atoms with Crippen LogP contribution in [0.3, 0.4) is 0 Å². The molecule has 0 aliphatic heterocycles. The van der Waals surface area contributed by atoms with E-state index in [-0.39, 0.29) is 18.0 Å². The van der Waals surface area contributed by atoms with Gasteiger partial charge in [-0.05, 0) is 17.5 Å². The summed E-state index contributed by atoms with van der Waals surface area (Å²) in [4.78, 5) is 30.1. The van der Waals surface area contributed by atoms with Crippen molar-refractivity contribution in [1.82, 2.24) is 9.97 Å². The zero-order chi connectivity index (χ0) is 14.1. The van der Waals surface area contributed by atoms with E-state index >= 15 is 0 Å². The van der Waals surface area contributed by atoms with Crippen LogP contribution in [-0.2, 0) is 6.54 Å². The van der Waals surface area contributed by atoms with E-state index in [1.165, 1.54) is 11.3 Å². The van der Waals surface area contributed by atoms with Gasteiger partial charge in [0.15, 0.2) is 18.2 Å². The zero-order valence-electron chi connectivity index (χ0n) is 10.7. The van der Waals surface area contributed by atoms with Crippen LogP contribution < -0.4 is 28.3 Å². The van der Waals surface area contributed by atoms with Crippen LogP contribution >= 0.6 is 11.3 Å². The van der Waals surface area contributed by atoms with Gasteiger partial charge in [-0.3, -0.25) is 9.59 Å². The van der Waals surface area contributed by atoms with Gasteiger partial charge in [-0.2, -0.15) is 4.57 Å². The fourth-order valence-corrected chi connectivity index (χ4v) is 2.66. The topological polar surface area (TPSA) is 92.7 Å². The van der Waals surface area contributed by atoms with E-state index in [1.807, 2.05) is 11.4 Å². The number of halogens is 1. The van der Waals surface area contributed by atoms with Crippen LogP contribution in [0.25, 0.3) is 10.2 Å². The molecule has 3 aromatic heterocycles. The van der Waals surface area contributed by atoms with Crippen LogP contribution in [0.15, 0.2) is 40.8 Å². The van der Waals surface area contributed by atoms with Gasteiger partial charge in [0.25, 0.3) is 11.5 Å². The maximum absolute atomic E-state index is 11.9. The Balaban J connectivity index is 0.00000161. The molecular formula is C13H11ClN4O2S. The van der Waals surface area contributed by atoms with Gasteiger partial charge in [-0.25, -0.2) is 4.98 Å². The van der Waals surface area contributed by atoms with Crippen LogP contribution in [0, 0.1) is 0 Å². The Kier molecular flexibility index (Phi) is 4.35. The first-order chi connectivity index (χ1) is 9.63. The van der Waals surface area contributed by atoms with Crippen molar-refractivity contribution in [3.8, 4) is 0 Å². The van der Waals surface area contributed by atoms with E-state index < -0.39 is 5.91 Å². The number of hydrogen-bond donors (Lipinski definition) is 2. The second kappa shape index (κ2) is 6.02. The summed E-state index contributed by atoms with van der Waals surface area (Å²) in [7, 11) is 0. The van der Waals surface area contributed by atoms with E-state index in [9.17, 15) is 9.59 Å². The molecule has 0 aliphatic carbocycles. The van der Waals surface area contributed by atoms with Gasteiger partial charge in [-0.1, -0.05) is 0 Å². The Bertz CT molecular complexity index is 858. The van der Waals surface area contributed by atoms with Gasteiger partial charge in [-0.15, -0.1) is 11.3 Å². The summed E-state index contributed by atoms with van der Waals surface area (Å²) in [5.41, 5.74) is 6.18. The minimum absolute atomic E-state index is 0. The number of fused-ring (bicyclic) bond motifs is 1. The highest BCUT2D eigenvalue weighted by atomic mass is 35.5. The normalized spacial score (nSPS) is 10.3. The second-order valence-electron chi connectivity index (χ2n) is 4.28. The van der Waals surface area contributed by atoms with Gasteiger partial charge in [0, 0.05) is 6.07 Å². The number of carbonyl (C=O) groups excluding carboxylic acids is 1. The summed E-state index contributed by atoms with van der Waals surface area (Å²) in [5, 5.41) is 1.83. The summed E-state index contributed by atoms with van der Waals surface area (Å²) in [6, 6.07) is 5.17. The lowest BCUT2D eigenvalue weighted by atomic mass is 10.3. The molecule has 3 heterocycles. The molecule has 0 atom stereocenters. The third-order valence-electron chi connectivity index (χ3n) is 2.84. The number of amides is 1. The van der Waals surface area contributed by atoms with Crippen LogP contribution in [-0.4, -0.2) is 15.9 Å². The van der Waals surface area contributed by atoms with Gasteiger partial charge in [0.2, 0.25) is 6.54 Å². The monoisotopic (exact) mass is 322 g/mol. The Labute approximate surface area is 129 Å². The molecule has 6 nitrogen and oxygen atoms in total. The van der Waals surface area contributed by atoms with Crippen molar-refractivity contribution in [3.05, 3.63) is 57.7 Å². The molecule has 0 fully saturated rings. The number of aromatic nitrogens is 3. The first-order valence-electron chi connectivity index (χ1n) is 5.89. The predicted molar refractivity (Wildman–Crippen MR) is 74.5 cm³/mol. The number of carbonyl (C=O) groups is 1. The highest BCUT2D eigenvalue weighted by Gasteiger charge is 2.11. The first-order valence-corrected chi connectivity index (χ1v) is 6.77. The van der Waals surface area contributed by atoms with Crippen molar-refractivity contribution in [1.29, 1.82) is 0 Å². The van der Waals surface area contributed by atoms with Gasteiger partial charge >= 0.3 is 0 Å². The lowest BCUT2D eigenvalue weighted by Crippen LogP contribution is -3.00. The second-order valence-corrected chi connectivity index (χ2v) is 5.19. The summed E-state index contributed by atoms with van der Waals surface area (Å²) < 4.78 is 2.36. The molecule has 0 radical (unpaired) electrons. The lowest BCUT2D eigenvalue weighted by molar-refractivity contribution is -0.689. The average molecular weight is 323 g/mol. The number of nitrogens with two attached hydrogens (primary N) is 1. The lowest BCUT2D eigenvalue weighted by Gasteiger charge is -1.99. The Morgan fingerprint density at radius 1 is 1.43 bits per heavy atom. The van der Waals surface area contributed by atoms with E-state index in [0.717, 1.165) is 0 Å². The van der Waals surface area contributed by atoms with Gasteiger partial charge in [0.1, 0.15) is 10.3 Å². The van der Waals surface area contributed by atoms with Crippen LogP contribution in [0.1, 0.15) is 16.2 Å². The van der Waals surface area contributed by atoms with E-state index in [1.54, 1.807) is 29.1 Å². The van der Waals surface area contributed by atoms with Gasteiger partial charge in [0.05, 0.1) is 5.52 Å². The van der Waals surface area contributed by atoms with Crippen molar-refractivity contribution in [3.63, 3.8) is 0 Å². The van der Waals surface area contributed by atoms with Crippen LogP contribution in [0.4, 0.5) is 0 Å². The molecule has 3 N–H and O–H groups in total. The van der Waals surface area contributed by atoms with Crippen molar-refractivity contribution < 1.29 is 21.8 Å². The predicted octanol–water partition coefficient (Wildman–Crippen LogP) is -2.58. The molecule has 21 heavy (non-hydrogen) atoms. The fraction of sp³-hybridized carbons (Fsp3) is 0.0769. The summed E-state index contributed by atoms with van der Waals surface area (Å²) in [6.45, 7) is 0.363. The minimum Gasteiger partial charge on any atom is -1.00 e. The first kappa shape index (κ1) is 15.1. The van der Waals surface area contributed by atoms with E-state index in [2.05, 4.69) is 9.97 Å².